The zero-order valence-corrected chi connectivity index (χ0v) is 9.46. The van der Waals surface area contributed by atoms with Crippen LogP contribution in [0.2, 0.25) is 0 Å². The average Bonchev–Trinajstić information content (AvgIpc) is 2.50. The molecule has 0 bridgehead atoms. The van der Waals surface area contributed by atoms with E-state index in [1.54, 1.807) is 0 Å². The van der Waals surface area contributed by atoms with Crippen molar-refractivity contribution in [1.29, 1.82) is 0 Å². The van der Waals surface area contributed by atoms with Crippen LogP contribution in [0.25, 0.3) is 0 Å². The highest BCUT2D eigenvalue weighted by Gasteiger charge is 2.29. The van der Waals surface area contributed by atoms with Crippen molar-refractivity contribution in [2.24, 2.45) is 0 Å². The maximum atomic E-state index is 11.2. The Hall–Kier alpha value is -1.03. The fourth-order valence-electron chi connectivity index (χ4n) is 1.72. The van der Waals surface area contributed by atoms with Crippen molar-refractivity contribution in [1.82, 2.24) is 0 Å². The second kappa shape index (κ2) is 3.85. The Morgan fingerprint density at radius 1 is 1.33 bits per heavy atom. The summed E-state index contributed by atoms with van der Waals surface area (Å²) in [6.45, 7) is 1.96. The van der Waals surface area contributed by atoms with Gasteiger partial charge in [0.25, 0.3) is 0 Å². The first-order chi connectivity index (χ1) is 7.07. The van der Waals surface area contributed by atoms with Gasteiger partial charge in [-0.05, 0) is 25.0 Å². The van der Waals surface area contributed by atoms with E-state index >= 15 is 0 Å². The Bertz CT molecular complexity index is 451. The van der Waals surface area contributed by atoms with E-state index in [0.29, 0.717) is 6.42 Å². The van der Waals surface area contributed by atoms with Gasteiger partial charge < -0.3 is 4.74 Å². The third kappa shape index (κ3) is 2.50. The van der Waals surface area contributed by atoms with Crippen molar-refractivity contribution in [3.8, 4) is 5.75 Å². The number of sulfone groups is 1. The third-order valence-corrected chi connectivity index (χ3v) is 4.32. The molecule has 0 spiro atoms. The highest BCUT2D eigenvalue weighted by Crippen LogP contribution is 2.22. The monoisotopic (exact) mass is 226 g/mol. The number of ether oxygens (including phenoxy) is 1. The van der Waals surface area contributed by atoms with Crippen molar-refractivity contribution in [3.63, 3.8) is 0 Å². The van der Waals surface area contributed by atoms with Crippen LogP contribution in [0.4, 0.5) is 0 Å². The predicted octanol–water partition coefficient (Wildman–Crippen LogP) is 1.56. The SMILES string of the molecule is Cc1ccccc1O[C@H]1CCS(=O)(=O)C1. The summed E-state index contributed by atoms with van der Waals surface area (Å²) in [5, 5.41) is 0. The molecular formula is C11H14O3S. The molecule has 3 nitrogen and oxygen atoms in total. The molecule has 0 N–H and O–H groups in total. The lowest BCUT2D eigenvalue weighted by molar-refractivity contribution is 0.227. The van der Waals surface area contributed by atoms with Gasteiger partial charge in [-0.1, -0.05) is 18.2 Å². The van der Waals surface area contributed by atoms with E-state index in [9.17, 15) is 8.42 Å². The Balaban J connectivity index is 2.08. The summed E-state index contributed by atoms with van der Waals surface area (Å²) < 4.78 is 28.1. The number of hydrogen-bond donors (Lipinski definition) is 0. The standard InChI is InChI=1S/C11H14O3S/c1-9-4-2-3-5-11(9)14-10-6-7-15(12,13)8-10/h2-5,10H,6-8H2,1H3/t10-/m0/s1. The first-order valence-corrected chi connectivity index (χ1v) is 6.82. The molecule has 0 aromatic heterocycles. The van der Waals surface area contributed by atoms with Crippen molar-refractivity contribution in [3.05, 3.63) is 29.8 Å². The molecule has 0 unspecified atom stereocenters. The van der Waals surface area contributed by atoms with E-state index in [4.69, 9.17) is 4.74 Å². The summed E-state index contributed by atoms with van der Waals surface area (Å²) in [6, 6.07) is 7.67. The summed E-state index contributed by atoms with van der Waals surface area (Å²) in [4.78, 5) is 0. The van der Waals surface area contributed by atoms with Gasteiger partial charge in [0.2, 0.25) is 0 Å². The molecule has 1 aliphatic heterocycles. The largest absolute Gasteiger partial charge is 0.489 e. The van der Waals surface area contributed by atoms with Gasteiger partial charge in [0.15, 0.2) is 9.84 Å². The molecule has 15 heavy (non-hydrogen) atoms. The van der Waals surface area contributed by atoms with E-state index in [1.165, 1.54) is 0 Å². The first-order valence-electron chi connectivity index (χ1n) is 4.99. The second-order valence-corrected chi connectivity index (χ2v) is 6.14. The average molecular weight is 226 g/mol. The van der Waals surface area contributed by atoms with Gasteiger partial charge in [-0.3, -0.25) is 0 Å². The highest BCUT2D eigenvalue weighted by molar-refractivity contribution is 7.91. The molecule has 1 aromatic rings. The lowest BCUT2D eigenvalue weighted by atomic mass is 10.2. The maximum absolute atomic E-state index is 11.2. The number of aryl methyl sites for hydroxylation is 1. The molecule has 0 radical (unpaired) electrons. The van der Waals surface area contributed by atoms with Gasteiger partial charge in [0.05, 0.1) is 11.5 Å². The Morgan fingerprint density at radius 2 is 2.07 bits per heavy atom. The highest BCUT2D eigenvalue weighted by atomic mass is 32.2. The van der Waals surface area contributed by atoms with Crippen LogP contribution >= 0.6 is 0 Å². The molecule has 1 atom stereocenters. The maximum Gasteiger partial charge on any atom is 0.154 e. The van der Waals surface area contributed by atoms with Gasteiger partial charge in [-0.15, -0.1) is 0 Å². The van der Waals surface area contributed by atoms with E-state index in [0.717, 1.165) is 11.3 Å². The van der Waals surface area contributed by atoms with Crippen LogP contribution in [0.3, 0.4) is 0 Å². The minimum Gasteiger partial charge on any atom is -0.489 e. The van der Waals surface area contributed by atoms with E-state index in [1.807, 2.05) is 31.2 Å². The smallest absolute Gasteiger partial charge is 0.154 e. The lowest BCUT2D eigenvalue weighted by Crippen LogP contribution is -2.18. The minimum atomic E-state index is -2.85. The van der Waals surface area contributed by atoms with Gasteiger partial charge in [0.1, 0.15) is 11.9 Å². The predicted molar refractivity (Wildman–Crippen MR) is 58.9 cm³/mol. The van der Waals surface area contributed by atoms with Crippen molar-refractivity contribution in [2.45, 2.75) is 19.4 Å². The molecule has 1 aromatic carbocycles. The number of hydrogen-bond acceptors (Lipinski definition) is 3. The summed E-state index contributed by atoms with van der Waals surface area (Å²) in [5.41, 5.74) is 1.04. The normalized spacial score (nSPS) is 23.9. The summed E-state index contributed by atoms with van der Waals surface area (Å²) in [6.07, 6.45) is 0.438. The third-order valence-electron chi connectivity index (χ3n) is 2.58. The van der Waals surface area contributed by atoms with E-state index in [-0.39, 0.29) is 17.6 Å². The molecule has 2 rings (SSSR count). The Kier molecular flexibility index (Phi) is 2.69. The molecule has 1 saturated heterocycles. The van der Waals surface area contributed by atoms with Crippen LogP contribution < -0.4 is 4.74 Å². The van der Waals surface area contributed by atoms with Gasteiger partial charge in [-0.2, -0.15) is 0 Å². The van der Waals surface area contributed by atoms with Crippen LogP contribution in [0.5, 0.6) is 5.75 Å². The number of benzene rings is 1. The zero-order chi connectivity index (χ0) is 10.9. The van der Waals surface area contributed by atoms with Crippen LogP contribution in [0, 0.1) is 6.92 Å². The molecule has 0 saturated carbocycles. The molecule has 0 aliphatic carbocycles. The molecular weight excluding hydrogens is 212 g/mol. The van der Waals surface area contributed by atoms with E-state index in [2.05, 4.69) is 0 Å². The second-order valence-electron chi connectivity index (χ2n) is 3.91. The minimum absolute atomic E-state index is 0.154. The lowest BCUT2D eigenvalue weighted by Gasteiger charge is -2.13. The van der Waals surface area contributed by atoms with Crippen LogP contribution in [-0.2, 0) is 9.84 Å². The van der Waals surface area contributed by atoms with Crippen molar-refractivity contribution in [2.75, 3.05) is 11.5 Å². The van der Waals surface area contributed by atoms with Crippen LogP contribution in [-0.4, -0.2) is 26.0 Å². The molecule has 1 heterocycles. The molecule has 82 valence electrons. The molecule has 0 amide bonds. The first kappa shape index (κ1) is 10.5. The zero-order valence-electron chi connectivity index (χ0n) is 8.64. The van der Waals surface area contributed by atoms with E-state index < -0.39 is 9.84 Å². The summed E-state index contributed by atoms with van der Waals surface area (Å²) in [7, 11) is -2.85. The van der Waals surface area contributed by atoms with Gasteiger partial charge in [-0.25, -0.2) is 8.42 Å². The Morgan fingerprint density at radius 3 is 2.67 bits per heavy atom. The fraction of sp³-hybridized carbons (Fsp3) is 0.455. The van der Waals surface area contributed by atoms with Gasteiger partial charge in [0, 0.05) is 0 Å². The Labute approximate surface area is 90.0 Å². The number of para-hydroxylation sites is 1. The molecule has 4 heteroatoms. The van der Waals surface area contributed by atoms with Gasteiger partial charge >= 0.3 is 0 Å². The molecule has 1 aliphatic rings. The topological polar surface area (TPSA) is 43.4 Å². The van der Waals surface area contributed by atoms with Crippen LogP contribution in [0.15, 0.2) is 24.3 Å². The quantitative estimate of drug-likeness (QED) is 0.768. The summed E-state index contributed by atoms with van der Waals surface area (Å²) in [5.74, 6) is 1.20. The molecule has 1 fully saturated rings. The fourth-order valence-corrected chi connectivity index (χ4v) is 3.31. The van der Waals surface area contributed by atoms with Crippen LogP contribution in [0.1, 0.15) is 12.0 Å². The summed E-state index contributed by atoms with van der Waals surface area (Å²) >= 11 is 0. The van der Waals surface area contributed by atoms with Crippen molar-refractivity contribution < 1.29 is 13.2 Å². The van der Waals surface area contributed by atoms with Crippen molar-refractivity contribution >= 4 is 9.84 Å². The number of rotatable bonds is 2.